The third kappa shape index (κ3) is 3.80. The van der Waals surface area contributed by atoms with Gasteiger partial charge in [-0.1, -0.05) is 23.9 Å². The third-order valence-electron chi connectivity index (χ3n) is 4.69. The van der Waals surface area contributed by atoms with Gasteiger partial charge < -0.3 is 9.13 Å². The number of carbonyl (C=O) groups is 1. The van der Waals surface area contributed by atoms with Crippen molar-refractivity contribution in [2.75, 3.05) is 5.75 Å². The number of allylic oxidation sites excluding steroid dienone is 1. The summed E-state index contributed by atoms with van der Waals surface area (Å²) >= 11 is 1.36. The first kappa shape index (κ1) is 20.1. The predicted octanol–water partition coefficient (Wildman–Crippen LogP) is 4.60. The zero-order chi connectivity index (χ0) is 20.4. The molecule has 0 bridgehead atoms. The monoisotopic (exact) mass is 398 g/mol. The fraction of sp³-hybridized carbons (Fsp3) is 0.286. The molecule has 0 aliphatic carbocycles. The number of benzene rings is 1. The van der Waals surface area contributed by atoms with Crippen LogP contribution in [0.1, 0.15) is 33.1 Å². The molecule has 2 aromatic heterocycles. The second kappa shape index (κ2) is 8.14. The molecule has 0 unspecified atom stereocenters. The molecule has 2 heterocycles. The largest absolute Gasteiger partial charge is 0.318 e. The fourth-order valence-corrected chi connectivity index (χ4v) is 4.06. The lowest BCUT2D eigenvalue weighted by Crippen LogP contribution is -2.07. The highest BCUT2D eigenvalue weighted by Gasteiger charge is 2.19. The molecule has 0 saturated heterocycles. The standard InChI is InChI=1S/C21H23FN4OS/c1-6-9-25-16(5)23-24-21(25)28-12-20(27)18-10-14(3)26(15(18)4)17-8-7-13(2)19(22)11-17/h6-8,10-11H,1,9,12H2,2-5H3. The molecule has 5 nitrogen and oxygen atoms in total. The van der Waals surface area contributed by atoms with E-state index in [1.165, 1.54) is 17.8 Å². The molecular formula is C21H23FN4OS. The molecule has 28 heavy (non-hydrogen) atoms. The normalized spacial score (nSPS) is 11.0. The summed E-state index contributed by atoms with van der Waals surface area (Å²) in [5.74, 6) is 0.782. The first-order valence-corrected chi connectivity index (χ1v) is 9.94. The molecular weight excluding hydrogens is 375 g/mol. The van der Waals surface area contributed by atoms with E-state index in [2.05, 4.69) is 16.8 Å². The summed E-state index contributed by atoms with van der Waals surface area (Å²) in [6.45, 7) is 11.7. The van der Waals surface area contributed by atoms with Gasteiger partial charge in [0.25, 0.3) is 0 Å². The second-order valence-electron chi connectivity index (χ2n) is 6.69. The van der Waals surface area contributed by atoms with Crippen molar-refractivity contribution in [1.82, 2.24) is 19.3 Å². The van der Waals surface area contributed by atoms with Crippen molar-refractivity contribution in [1.29, 1.82) is 0 Å². The highest BCUT2D eigenvalue weighted by Crippen LogP contribution is 2.25. The van der Waals surface area contributed by atoms with Crippen molar-refractivity contribution in [2.45, 2.75) is 39.4 Å². The maximum atomic E-state index is 14.0. The molecule has 0 saturated carbocycles. The quantitative estimate of drug-likeness (QED) is 0.331. The molecule has 0 radical (unpaired) electrons. The van der Waals surface area contributed by atoms with Gasteiger partial charge in [0, 0.05) is 29.2 Å². The Hall–Kier alpha value is -2.67. The maximum Gasteiger partial charge on any atom is 0.191 e. The average Bonchev–Trinajstić information content (AvgIpc) is 3.15. The molecule has 0 amide bonds. The van der Waals surface area contributed by atoms with Gasteiger partial charge in [0.15, 0.2) is 10.9 Å². The van der Waals surface area contributed by atoms with Crippen LogP contribution in [0, 0.1) is 33.5 Å². The number of Topliss-reactive ketones (excluding diaryl/α,β-unsaturated/α-hetero) is 1. The zero-order valence-electron chi connectivity index (χ0n) is 16.5. The topological polar surface area (TPSA) is 52.7 Å². The minimum Gasteiger partial charge on any atom is -0.318 e. The number of halogens is 1. The van der Waals surface area contributed by atoms with E-state index in [0.29, 0.717) is 28.5 Å². The van der Waals surface area contributed by atoms with Gasteiger partial charge in [0.1, 0.15) is 11.6 Å². The Morgan fingerprint density at radius 1 is 1.21 bits per heavy atom. The number of thioether (sulfide) groups is 1. The third-order valence-corrected chi connectivity index (χ3v) is 5.66. The van der Waals surface area contributed by atoms with E-state index in [1.807, 2.05) is 42.0 Å². The van der Waals surface area contributed by atoms with Gasteiger partial charge in [-0.15, -0.1) is 16.8 Å². The smallest absolute Gasteiger partial charge is 0.191 e. The Kier molecular flexibility index (Phi) is 5.84. The van der Waals surface area contributed by atoms with Crippen molar-refractivity contribution in [3.05, 3.63) is 71.1 Å². The van der Waals surface area contributed by atoms with Crippen LogP contribution in [0.2, 0.25) is 0 Å². The van der Waals surface area contributed by atoms with Gasteiger partial charge in [-0.05, 0) is 51.5 Å². The number of hydrogen-bond donors (Lipinski definition) is 0. The number of rotatable bonds is 7. The first-order valence-electron chi connectivity index (χ1n) is 8.95. The fourth-order valence-electron chi connectivity index (χ4n) is 3.18. The summed E-state index contributed by atoms with van der Waals surface area (Å²) in [5, 5.41) is 8.90. The van der Waals surface area contributed by atoms with Gasteiger partial charge >= 0.3 is 0 Å². The van der Waals surface area contributed by atoms with Crippen molar-refractivity contribution in [3.63, 3.8) is 0 Å². The molecule has 3 rings (SSSR count). The minimum atomic E-state index is -0.259. The SMILES string of the molecule is C=CCn1c(C)nnc1SCC(=O)c1cc(C)n(-c2ccc(C)c(F)c2)c1C. The highest BCUT2D eigenvalue weighted by atomic mass is 32.2. The van der Waals surface area contributed by atoms with Crippen molar-refractivity contribution in [3.8, 4) is 5.69 Å². The van der Waals surface area contributed by atoms with Crippen LogP contribution in [-0.4, -0.2) is 30.9 Å². The molecule has 0 fully saturated rings. The van der Waals surface area contributed by atoms with Crippen LogP contribution in [0.4, 0.5) is 4.39 Å². The van der Waals surface area contributed by atoms with Crippen LogP contribution in [-0.2, 0) is 6.54 Å². The average molecular weight is 399 g/mol. The van der Waals surface area contributed by atoms with Crippen LogP contribution in [0.3, 0.4) is 0 Å². The number of carbonyl (C=O) groups excluding carboxylic acids is 1. The van der Waals surface area contributed by atoms with Crippen molar-refractivity contribution >= 4 is 17.5 Å². The summed E-state index contributed by atoms with van der Waals surface area (Å²) in [4.78, 5) is 12.8. The van der Waals surface area contributed by atoms with Crippen LogP contribution >= 0.6 is 11.8 Å². The van der Waals surface area contributed by atoms with E-state index in [1.54, 1.807) is 19.1 Å². The molecule has 0 spiro atoms. The molecule has 7 heteroatoms. The van der Waals surface area contributed by atoms with E-state index in [-0.39, 0.29) is 17.4 Å². The number of aromatic nitrogens is 4. The Labute approximate surface area is 168 Å². The van der Waals surface area contributed by atoms with E-state index < -0.39 is 0 Å². The van der Waals surface area contributed by atoms with E-state index in [9.17, 15) is 9.18 Å². The molecule has 0 N–H and O–H groups in total. The van der Waals surface area contributed by atoms with Crippen LogP contribution in [0.15, 0.2) is 42.1 Å². The Morgan fingerprint density at radius 2 is 1.96 bits per heavy atom. The Morgan fingerprint density at radius 3 is 2.64 bits per heavy atom. The summed E-state index contributed by atoms with van der Waals surface area (Å²) in [5.41, 5.74) is 3.64. The van der Waals surface area contributed by atoms with Crippen molar-refractivity contribution < 1.29 is 9.18 Å². The summed E-state index contributed by atoms with van der Waals surface area (Å²) < 4.78 is 17.8. The zero-order valence-corrected chi connectivity index (χ0v) is 17.3. The lowest BCUT2D eigenvalue weighted by atomic mass is 10.2. The number of hydrogen-bond acceptors (Lipinski definition) is 4. The first-order chi connectivity index (χ1) is 13.3. The van der Waals surface area contributed by atoms with Crippen LogP contribution < -0.4 is 0 Å². The molecule has 0 aliphatic rings. The van der Waals surface area contributed by atoms with Crippen LogP contribution in [0.5, 0.6) is 0 Å². The van der Waals surface area contributed by atoms with Crippen molar-refractivity contribution in [2.24, 2.45) is 0 Å². The summed E-state index contributed by atoms with van der Waals surface area (Å²) in [6.07, 6.45) is 1.77. The summed E-state index contributed by atoms with van der Waals surface area (Å²) in [7, 11) is 0. The highest BCUT2D eigenvalue weighted by molar-refractivity contribution is 7.99. The Balaban J connectivity index is 1.83. The number of nitrogens with zero attached hydrogens (tertiary/aromatic N) is 4. The maximum absolute atomic E-state index is 14.0. The predicted molar refractivity (Wildman–Crippen MR) is 110 cm³/mol. The van der Waals surface area contributed by atoms with Gasteiger partial charge in [-0.25, -0.2) is 4.39 Å². The minimum absolute atomic E-state index is 0.00254. The van der Waals surface area contributed by atoms with Gasteiger partial charge in [-0.3, -0.25) is 4.79 Å². The van der Waals surface area contributed by atoms with Gasteiger partial charge in [-0.2, -0.15) is 0 Å². The number of aryl methyl sites for hydroxylation is 3. The lowest BCUT2D eigenvalue weighted by molar-refractivity contribution is 0.102. The molecule has 1 aromatic carbocycles. The molecule has 0 atom stereocenters. The van der Waals surface area contributed by atoms with E-state index in [0.717, 1.165) is 17.2 Å². The lowest BCUT2D eigenvalue weighted by Gasteiger charge is -2.11. The Bertz CT molecular complexity index is 1050. The van der Waals surface area contributed by atoms with E-state index in [4.69, 9.17) is 0 Å². The summed E-state index contributed by atoms with van der Waals surface area (Å²) in [6, 6.07) is 6.96. The second-order valence-corrected chi connectivity index (χ2v) is 7.64. The van der Waals surface area contributed by atoms with E-state index >= 15 is 0 Å². The van der Waals surface area contributed by atoms with Gasteiger partial charge in [0.05, 0.1) is 5.75 Å². The number of ketones is 1. The van der Waals surface area contributed by atoms with Crippen LogP contribution in [0.25, 0.3) is 5.69 Å². The molecule has 0 aliphatic heterocycles. The van der Waals surface area contributed by atoms with Gasteiger partial charge in [0.2, 0.25) is 0 Å². The molecule has 146 valence electrons. The molecule has 3 aromatic rings.